The third kappa shape index (κ3) is 1.92. The molecule has 5 atom stereocenters. The highest BCUT2D eigenvalue weighted by Crippen LogP contribution is 2.39. The van der Waals surface area contributed by atoms with Gasteiger partial charge < -0.3 is 28.8 Å². The van der Waals surface area contributed by atoms with Gasteiger partial charge in [0, 0.05) is 12.2 Å². The fraction of sp³-hybridized carbons (Fsp3) is 0.900. The van der Waals surface area contributed by atoms with Gasteiger partial charge in [0.05, 0.1) is 0 Å². The lowest BCUT2D eigenvalue weighted by atomic mass is 10.1. The Hall–Kier alpha value is -0.470. The van der Waals surface area contributed by atoms with E-state index < -0.39 is 36.5 Å². The van der Waals surface area contributed by atoms with Crippen molar-refractivity contribution in [3.8, 4) is 0 Å². The van der Waals surface area contributed by atoms with Crippen molar-refractivity contribution >= 4 is 17.5 Å². The molecule has 0 aromatic rings. The number of aliphatic hydroxyl groups excluding tert-OH is 1. The van der Waals surface area contributed by atoms with E-state index in [-0.39, 0.29) is 11.8 Å². The molecule has 0 aliphatic carbocycles. The summed E-state index contributed by atoms with van der Waals surface area (Å²) in [5, 5.41) is 10.2. The molecule has 0 bridgehead atoms. The molecule has 17 heavy (non-hydrogen) atoms. The molecule has 3 aliphatic heterocycles. The first-order valence-electron chi connectivity index (χ1n) is 5.49. The summed E-state index contributed by atoms with van der Waals surface area (Å²) in [5.74, 6) is -0.733. The van der Waals surface area contributed by atoms with Crippen LogP contribution in [0.2, 0.25) is 0 Å². The summed E-state index contributed by atoms with van der Waals surface area (Å²) in [6.07, 6.45) is -2.81. The van der Waals surface area contributed by atoms with E-state index in [9.17, 15) is 5.11 Å². The summed E-state index contributed by atoms with van der Waals surface area (Å²) in [5.41, 5.74) is 0. The van der Waals surface area contributed by atoms with E-state index in [1.54, 1.807) is 13.8 Å². The molecular formula is C10H14O6S. The molecular weight excluding hydrogens is 248 g/mol. The average Bonchev–Trinajstić information content (AvgIpc) is 2.83. The Morgan fingerprint density at radius 3 is 2.65 bits per heavy atom. The van der Waals surface area contributed by atoms with Crippen LogP contribution in [0.1, 0.15) is 13.8 Å². The Morgan fingerprint density at radius 1 is 1.29 bits per heavy atom. The van der Waals surface area contributed by atoms with Gasteiger partial charge in [-0.25, -0.2) is 0 Å². The maximum absolute atomic E-state index is 10.1. The molecule has 3 saturated heterocycles. The fourth-order valence-corrected chi connectivity index (χ4v) is 2.52. The van der Waals surface area contributed by atoms with Crippen LogP contribution in [-0.4, -0.2) is 53.4 Å². The zero-order chi connectivity index (χ0) is 12.2. The van der Waals surface area contributed by atoms with E-state index in [4.69, 9.17) is 35.9 Å². The van der Waals surface area contributed by atoms with Crippen LogP contribution >= 0.6 is 12.2 Å². The summed E-state index contributed by atoms with van der Waals surface area (Å²) in [7, 11) is 0. The lowest BCUT2D eigenvalue weighted by Crippen LogP contribution is -2.41. The second-order valence-corrected chi connectivity index (χ2v) is 5.11. The Kier molecular flexibility index (Phi) is 2.57. The quantitative estimate of drug-likeness (QED) is 0.663. The predicted octanol–water partition coefficient (Wildman–Crippen LogP) is -0.0760. The van der Waals surface area contributed by atoms with Crippen LogP contribution in [-0.2, 0) is 23.7 Å². The van der Waals surface area contributed by atoms with Crippen molar-refractivity contribution in [3.05, 3.63) is 0 Å². The first-order chi connectivity index (χ1) is 7.96. The second kappa shape index (κ2) is 3.76. The van der Waals surface area contributed by atoms with Gasteiger partial charge in [0.1, 0.15) is 24.9 Å². The van der Waals surface area contributed by atoms with E-state index in [0.717, 1.165) is 0 Å². The molecule has 96 valence electrons. The standard InChI is InChI=1S/C10H14O6S/c1-10(2)15-7-5(11)6(14-8(7)16-10)4-3-12-9(17)13-4/h4-8,11H,3H2,1-2H3/t4-,5-,6+,7+,8+/m0/s1. The topological polar surface area (TPSA) is 66.4 Å². The van der Waals surface area contributed by atoms with Crippen LogP contribution in [0.15, 0.2) is 0 Å². The van der Waals surface area contributed by atoms with E-state index in [0.29, 0.717) is 0 Å². The first kappa shape index (κ1) is 11.6. The van der Waals surface area contributed by atoms with Crippen molar-refractivity contribution in [1.82, 2.24) is 0 Å². The summed E-state index contributed by atoms with van der Waals surface area (Å²) < 4.78 is 27.0. The number of hydrogen-bond donors (Lipinski definition) is 1. The van der Waals surface area contributed by atoms with Gasteiger partial charge in [-0.15, -0.1) is 0 Å². The van der Waals surface area contributed by atoms with Crippen LogP contribution in [0, 0.1) is 0 Å². The molecule has 0 aromatic heterocycles. The van der Waals surface area contributed by atoms with Gasteiger partial charge in [0.25, 0.3) is 0 Å². The van der Waals surface area contributed by atoms with E-state index in [2.05, 4.69) is 0 Å². The maximum Gasteiger partial charge on any atom is 0.352 e. The molecule has 3 rings (SSSR count). The lowest BCUT2D eigenvalue weighted by Gasteiger charge is -2.24. The Balaban J connectivity index is 1.70. The number of aliphatic hydroxyl groups is 1. The number of rotatable bonds is 1. The molecule has 0 saturated carbocycles. The maximum atomic E-state index is 10.1. The third-order valence-corrected chi connectivity index (χ3v) is 3.25. The minimum absolute atomic E-state index is 0.0880. The highest BCUT2D eigenvalue weighted by atomic mass is 32.1. The normalized spacial score (nSPS) is 47.7. The molecule has 0 spiro atoms. The summed E-state index contributed by atoms with van der Waals surface area (Å²) in [4.78, 5) is 0. The number of thiocarbonyl (C=S) groups is 1. The Bertz CT molecular complexity index is 346. The highest BCUT2D eigenvalue weighted by molar-refractivity contribution is 7.79. The van der Waals surface area contributed by atoms with Gasteiger partial charge in [-0.1, -0.05) is 0 Å². The van der Waals surface area contributed by atoms with Crippen molar-refractivity contribution < 1.29 is 28.8 Å². The molecule has 0 unspecified atom stereocenters. The Labute approximate surface area is 104 Å². The van der Waals surface area contributed by atoms with Gasteiger partial charge >= 0.3 is 5.24 Å². The molecule has 3 heterocycles. The van der Waals surface area contributed by atoms with Crippen molar-refractivity contribution in [3.63, 3.8) is 0 Å². The first-order valence-corrected chi connectivity index (χ1v) is 5.90. The van der Waals surface area contributed by atoms with Crippen LogP contribution in [0.25, 0.3) is 0 Å². The van der Waals surface area contributed by atoms with Gasteiger partial charge in [-0.2, -0.15) is 0 Å². The molecule has 0 aromatic carbocycles. The minimum atomic E-state index is -0.809. The zero-order valence-electron chi connectivity index (χ0n) is 9.49. The summed E-state index contributed by atoms with van der Waals surface area (Å²) in [6.45, 7) is 3.84. The van der Waals surface area contributed by atoms with E-state index >= 15 is 0 Å². The van der Waals surface area contributed by atoms with Gasteiger partial charge in [0.15, 0.2) is 18.2 Å². The van der Waals surface area contributed by atoms with Crippen molar-refractivity contribution in [2.75, 3.05) is 6.61 Å². The number of hydrogen-bond acceptors (Lipinski definition) is 7. The predicted molar refractivity (Wildman–Crippen MR) is 58.1 cm³/mol. The second-order valence-electron chi connectivity index (χ2n) is 4.78. The highest BCUT2D eigenvalue weighted by Gasteiger charge is 2.57. The molecule has 3 fully saturated rings. The van der Waals surface area contributed by atoms with E-state index in [1.165, 1.54) is 0 Å². The minimum Gasteiger partial charge on any atom is -0.453 e. The molecule has 7 heteroatoms. The van der Waals surface area contributed by atoms with E-state index in [1.807, 2.05) is 0 Å². The molecule has 1 N–H and O–H groups in total. The van der Waals surface area contributed by atoms with Crippen LogP contribution in [0.3, 0.4) is 0 Å². The third-order valence-electron chi connectivity index (χ3n) is 3.03. The van der Waals surface area contributed by atoms with Gasteiger partial charge in [-0.05, 0) is 13.8 Å². The van der Waals surface area contributed by atoms with Crippen molar-refractivity contribution in [1.29, 1.82) is 0 Å². The largest absolute Gasteiger partial charge is 0.453 e. The Morgan fingerprint density at radius 2 is 2.06 bits per heavy atom. The molecule has 0 radical (unpaired) electrons. The van der Waals surface area contributed by atoms with Crippen molar-refractivity contribution in [2.45, 2.75) is 50.3 Å². The molecule has 3 aliphatic rings. The summed E-state index contributed by atoms with van der Waals surface area (Å²) >= 11 is 4.76. The van der Waals surface area contributed by atoms with Crippen molar-refractivity contribution in [2.24, 2.45) is 0 Å². The number of fused-ring (bicyclic) bond motifs is 1. The SMILES string of the molecule is CC1(C)O[C@H]2O[C@H]([C@@H]3COC(=S)O3)[C@H](O)[C@H]2O1. The van der Waals surface area contributed by atoms with Crippen LogP contribution in [0.5, 0.6) is 0 Å². The number of ether oxygens (including phenoxy) is 5. The average molecular weight is 262 g/mol. The summed E-state index contributed by atoms with van der Waals surface area (Å²) in [6, 6.07) is 0. The fourth-order valence-electron chi connectivity index (χ4n) is 2.33. The molecule has 0 amide bonds. The van der Waals surface area contributed by atoms with Gasteiger partial charge in [-0.3, -0.25) is 0 Å². The zero-order valence-corrected chi connectivity index (χ0v) is 10.3. The molecule has 6 nitrogen and oxygen atoms in total. The van der Waals surface area contributed by atoms with Crippen LogP contribution < -0.4 is 0 Å². The van der Waals surface area contributed by atoms with Crippen LogP contribution in [0.4, 0.5) is 0 Å². The monoisotopic (exact) mass is 262 g/mol. The smallest absolute Gasteiger partial charge is 0.352 e. The van der Waals surface area contributed by atoms with Gasteiger partial charge in [0.2, 0.25) is 0 Å². The lowest BCUT2D eigenvalue weighted by molar-refractivity contribution is -0.223.